The van der Waals surface area contributed by atoms with Crippen molar-refractivity contribution in [3.8, 4) is 0 Å². The summed E-state index contributed by atoms with van der Waals surface area (Å²) in [7, 11) is 0. The molecule has 1 N–H and O–H groups in total. The molecule has 0 aliphatic carbocycles. The van der Waals surface area contributed by atoms with Crippen molar-refractivity contribution in [3.63, 3.8) is 0 Å². The van der Waals surface area contributed by atoms with Crippen molar-refractivity contribution in [3.05, 3.63) is 109 Å². The van der Waals surface area contributed by atoms with Crippen molar-refractivity contribution < 1.29 is 24.2 Å². The lowest BCUT2D eigenvalue weighted by atomic mass is 10.0. The molecule has 0 saturated heterocycles. The Morgan fingerprint density at radius 2 is 0.667 bits per heavy atom. The number of ether oxygens (including phenoxy) is 2. The van der Waals surface area contributed by atoms with Gasteiger partial charge in [-0.25, -0.2) is 0 Å². The number of hydrogen-bond donors (Lipinski definition) is 1. The molecular formula is C55H90O5. The van der Waals surface area contributed by atoms with Crippen LogP contribution < -0.4 is 0 Å². The van der Waals surface area contributed by atoms with Gasteiger partial charge in [0.15, 0.2) is 6.10 Å². The molecule has 0 bridgehead atoms. The molecule has 5 heteroatoms. The molecule has 1 unspecified atom stereocenters. The second kappa shape index (κ2) is 49.9. The topological polar surface area (TPSA) is 72.8 Å². The van der Waals surface area contributed by atoms with Crippen LogP contribution in [0.5, 0.6) is 0 Å². The molecule has 0 saturated carbocycles. The number of aliphatic hydroxyl groups excluding tert-OH is 1. The van der Waals surface area contributed by atoms with E-state index in [0.717, 1.165) is 103 Å². The molecule has 0 aliphatic rings. The van der Waals surface area contributed by atoms with Crippen molar-refractivity contribution >= 4 is 11.9 Å². The van der Waals surface area contributed by atoms with Gasteiger partial charge in [0.05, 0.1) is 6.61 Å². The third kappa shape index (κ3) is 47.2. The Bertz CT molecular complexity index is 1210. The molecular weight excluding hydrogens is 741 g/mol. The van der Waals surface area contributed by atoms with Gasteiger partial charge in [0.1, 0.15) is 6.61 Å². The summed E-state index contributed by atoms with van der Waals surface area (Å²) in [5, 5.41) is 9.61. The monoisotopic (exact) mass is 831 g/mol. The molecule has 0 heterocycles. The maximum atomic E-state index is 12.3. The Morgan fingerprint density at radius 1 is 0.383 bits per heavy atom. The zero-order valence-electron chi connectivity index (χ0n) is 38.7. The van der Waals surface area contributed by atoms with Gasteiger partial charge in [0.2, 0.25) is 0 Å². The molecule has 0 aromatic heterocycles. The average Bonchev–Trinajstić information content (AvgIpc) is 3.25. The van der Waals surface area contributed by atoms with Gasteiger partial charge in [-0.15, -0.1) is 0 Å². The second-order valence-corrected chi connectivity index (χ2v) is 15.8. The maximum Gasteiger partial charge on any atom is 0.306 e. The molecule has 0 amide bonds. The zero-order valence-corrected chi connectivity index (χ0v) is 38.7. The summed E-state index contributed by atoms with van der Waals surface area (Å²) >= 11 is 0. The van der Waals surface area contributed by atoms with E-state index in [1.165, 1.54) is 77.0 Å². The quantitative estimate of drug-likeness (QED) is 0.0376. The first kappa shape index (κ1) is 56.6. The van der Waals surface area contributed by atoms with Crippen molar-refractivity contribution in [2.24, 2.45) is 0 Å². The molecule has 0 aromatic carbocycles. The highest BCUT2D eigenvalue weighted by Gasteiger charge is 2.16. The SMILES string of the molecule is CC/C=C\C/C=C\C/C=C\C/C=C\C/C=C\C/C=C\CCCCCCCCCCCCC(=O)OC(CO)COC(=O)CCCCCCCCC/C=C\C/C=C\C/C=C\CC. The summed E-state index contributed by atoms with van der Waals surface area (Å²) in [4.78, 5) is 24.4. The van der Waals surface area contributed by atoms with Gasteiger partial charge in [-0.1, -0.05) is 207 Å². The minimum atomic E-state index is -0.786. The zero-order chi connectivity index (χ0) is 43.5. The predicted molar refractivity (Wildman–Crippen MR) is 260 cm³/mol. The lowest BCUT2D eigenvalue weighted by Gasteiger charge is -2.15. The minimum Gasteiger partial charge on any atom is -0.462 e. The highest BCUT2D eigenvalue weighted by molar-refractivity contribution is 5.70. The lowest BCUT2D eigenvalue weighted by Crippen LogP contribution is -2.28. The van der Waals surface area contributed by atoms with Gasteiger partial charge < -0.3 is 14.6 Å². The van der Waals surface area contributed by atoms with Crippen LogP contribution >= 0.6 is 0 Å². The van der Waals surface area contributed by atoms with E-state index in [9.17, 15) is 14.7 Å². The second-order valence-electron chi connectivity index (χ2n) is 15.8. The van der Waals surface area contributed by atoms with Gasteiger partial charge in [0.25, 0.3) is 0 Å². The summed E-state index contributed by atoms with van der Waals surface area (Å²) in [6.07, 6.45) is 71.7. The van der Waals surface area contributed by atoms with Crippen LogP contribution in [0.3, 0.4) is 0 Å². The van der Waals surface area contributed by atoms with Crippen LogP contribution in [-0.4, -0.2) is 36.4 Å². The van der Waals surface area contributed by atoms with E-state index in [4.69, 9.17) is 9.47 Å². The van der Waals surface area contributed by atoms with Crippen LogP contribution in [0.25, 0.3) is 0 Å². The Hall–Kier alpha value is -3.44. The van der Waals surface area contributed by atoms with Crippen molar-refractivity contribution in [1.82, 2.24) is 0 Å². The first-order valence-electron chi connectivity index (χ1n) is 24.4. The third-order valence-electron chi connectivity index (χ3n) is 10.1. The largest absolute Gasteiger partial charge is 0.462 e. The van der Waals surface area contributed by atoms with Crippen LogP contribution in [-0.2, 0) is 19.1 Å². The fourth-order valence-corrected chi connectivity index (χ4v) is 6.45. The number of esters is 2. The number of carbonyl (C=O) groups excluding carboxylic acids is 2. The summed E-state index contributed by atoms with van der Waals surface area (Å²) < 4.78 is 10.7. The number of unbranched alkanes of at least 4 members (excludes halogenated alkanes) is 17. The summed E-state index contributed by atoms with van der Waals surface area (Å²) in [5.74, 6) is -0.613. The summed E-state index contributed by atoms with van der Waals surface area (Å²) in [6.45, 7) is 3.90. The fourth-order valence-electron chi connectivity index (χ4n) is 6.45. The van der Waals surface area contributed by atoms with E-state index in [0.29, 0.717) is 12.8 Å². The molecule has 0 spiro atoms. The van der Waals surface area contributed by atoms with E-state index in [-0.39, 0.29) is 25.2 Å². The maximum absolute atomic E-state index is 12.3. The molecule has 0 fully saturated rings. The number of allylic oxidation sites excluding steroid dienone is 18. The van der Waals surface area contributed by atoms with Crippen LogP contribution in [0.2, 0.25) is 0 Å². The number of carbonyl (C=O) groups is 2. The molecule has 0 aliphatic heterocycles. The van der Waals surface area contributed by atoms with Crippen molar-refractivity contribution in [2.75, 3.05) is 13.2 Å². The lowest BCUT2D eigenvalue weighted by molar-refractivity contribution is -0.161. The number of rotatable bonds is 43. The third-order valence-corrected chi connectivity index (χ3v) is 10.1. The van der Waals surface area contributed by atoms with Gasteiger partial charge in [-0.2, -0.15) is 0 Å². The van der Waals surface area contributed by atoms with Crippen LogP contribution in [0.1, 0.15) is 206 Å². The summed E-state index contributed by atoms with van der Waals surface area (Å²) in [5.41, 5.74) is 0. The fraction of sp³-hybridized carbons (Fsp3) is 0.636. The molecule has 0 aromatic rings. The normalized spacial score (nSPS) is 13.2. The highest BCUT2D eigenvalue weighted by atomic mass is 16.6. The van der Waals surface area contributed by atoms with Gasteiger partial charge in [-0.3, -0.25) is 9.59 Å². The van der Waals surface area contributed by atoms with Crippen LogP contribution in [0.4, 0.5) is 0 Å². The van der Waals surface area contributed by atoms with Gasteiger partial charge in [-0.05, 0) is 96.3 Å². The van der Waals surface area contributed by atoms with E-state index in [2.05, 4.69) is 123 Å². The van der Waals surface area contributed by atoms with Gasteiger partial charge in [0, 0.05) is 12.8 Å². The van der Waals surface area contributed by atoms with E-state index in [1.54, 1.807) is 0 Å². The number of aliphatic hydroxyl groups is 1. The van der Waals surface area contributed by atoms with Gasteiger partial charge >= 0.3 is 11.9 Å². The molecule has 60 heavy (non-hydrogen) atoms. The Balaban J connectivity index is 3.57. The molecule has 5 nitrogen and oxygen atoms in total. The molecule has 0 rings (SSSR count). The Kier molecular flexibility index (Phi) is 47.1. The van der Waals surface area contributed by atoms with E-state index in [1.807, 2.05) is 0 Å². The molecule has 0 radical (unpaired) electrons. The molecule has 340 valence electrons. The average molecular weight is 831 g/mol. The number of hydrogen-bond acceptors (Lipinski definition) is 5. The van der Waals surface area contributed by atoms with E-state index >= 15 is 0 Å². The van der Waals surface area contributed by atoms with Crippen LogP contribution in [0, 0.1) is 0 Å². The molecule has 1 atom stereocenters. The first-order valence-corrected chi connectivity index (χ1v) is 24.4. The standard InChI is InChI=1S/C55H90O5/c1-3-5-7-9-11-13-15-17-19-21-22-23-24-25-26-27-28-29-30-31-32-34-36-38-40-42-44-46-48-50-55(58)60-53(51-56)52-59-54(57)49-47-45-43-41-39-37-35-33-20-18-16-14-12-10-8-6-4-2/h5-8,11-14,17-20,22-23,25-26,28-29,53,56H,3-4,9-10,15-16,21,24,27,30-52H2,1-2H3/b7-5-,8-6-,13-11-,14-12-,19-17-,20-18-,23-22-,26-25-,29-28-. The summed E-state index contributed by atoms with van der Waals surface area (Å²) in [6, 6.07) is 0. The first-order chi connectivity index (χ1) is 29.6. The minimum absolute atomic E-state index is 0.0788. The van der Waals surface area contributed by atoms with Crippen molar-refractivity contribution in [2.45, 2.75) is 213 Å². The van der Waals surface area contributed by atoms with Crippen LogP contribution in [0.15, 0.2) is 109 Å². The van der Waals surface area contributed by atoms with E-state index < -0.39 is 6.10 Å². The Morgan fingerprint density at radius 3 is 1.00 bits per heavy atom. The predicted octanol–water partition coefficient (Wildman–Crippen LogP) is 16.2. The van der Waals surface area contributed by atoms with Crippen molar-refractivity contribution in [1.29, 1.82) is 0 Å². The highest BCUT2D eigenvalue weighted by Crippen LogP contribution is 2.14. The smallest absolute Gasteiger partial charge is 0.306 e. The Labute approximate surface area is 370 Å².